The van der Waals surface area contributed by atoms with E-state index >= 15 is 0 Å². The molecule has 0 bridgehead atoms. The lowest BCUT2D eigenvalue weighted by Gasteiger charge is -2.26. The molecule has 0 saturated carbocycles. The van der Waals surface area contributed by atoms with Crippen LogP contribution in [0.3, 0.4) is 0 Å². The smallest absolute Gasteiger partial charge is 0.321 e. The van der Waals surface area contributed by atoms with E-state index in [4.69, 9.17) is 14.2 Å². The predicted octanol–water partition coefficient (Wildman–Crippen LogP) is 4.46. The van der Waals surface area contributed by atoms with Gasteiger partial charge in [0.1, 0.15) is 18.8 Å². The van der Waals surface area contributed by atoms with Crippen molar-refractivity contribution in [1.29, 1.82) is 0 Å². The third-order valence-electron chi connectivity index (χ3n) is 4.51. The number of hydrogen-bond acceptors (Lipinski definition) is 6. The minimum absolute atomic E-state index is 0.00705. The first-order chi connectivity index (χ1) is 14.7. The van der Waals surface area contributed by atoms with E-state index in [1.54, 1.807) is 52.0 Å². The molecular formula is C25H30O6. The molecule has 0 aromatic heterocycles. The Morgan fingerprint density at radius 2 is 1.16 bits per heavy atom. The number of ether oxygens (including phenoxy) is 3. The molecule has 1 atom stereocenters. The standard InChI is InChI=1S/C25H30O6/c1-5-20(22(26)31-25(2,3)4)21(23(27)29-16-18-12-8-6-9-13-18)24(28)30-17-19-14-10-7-11-15-19/h6-15,20-21H,5,16-17H2,1-4H3/t20-/m1/s1. The summed E-state index contributed by atoms with van der Waals surface area (Å²) in [5, 5.41) is 0. The quantitative estimate of drug-likeness (QED) is 0.335. The van der Waals surface area contributed by atoms with Crippen LogP contribution in [0.5, 0.6) is 0 Å². The van der Waals surface area contributed by atoms with Gasteiger partial charge in [-0.15, -0.1) is 0 Å². The fraction of sp³-hybridized carbons (Fsp3) is 0.400. The van der Waals surface area contributed by atoms with Gasteiger partial charge in [0.05, 0.1) is 5.92 Å². The summed E-state index contributed by atoms with van der Waals surface area (Å²) in [4.78, 5) is 38.6. The average molecular weight is 427 g/mol. The average Bonchev–Trinajstić information content (AvgIpc) is 2.74. The van der Waals surface area contributed by atoms with Gasteiger partial charge in [0.15, 0.2) is 5.92 Å². The van der Waals surface area contributed by atoms with Crippen molar-refractivity contribution in [1.82, 2.24) is 0 Å². The molecule has 0 spiro atoms. The Hall–Kier alpha value is -3.15. The van der Waals surface area contributed by atoms with E-state index in [2.05, 4.69) is 0 Å². The van der Waals surface area contributed by atoms with Gasteiger partial charge < -0.3 is 14.2 Å². The molecule has 2 aromatic carbocycles. The van der Waals surface area contributed by atoms with Crippen molar-refractivity contribution in [2.75, 3.05) is 0 Å². The lowest BCUT2D eigenvalue weighted by Crippen LogP contribution is -2.40. The molecule has 6 nitrogen and oxygen atoms in total. The molecular weight excluding hydrogens is 396 g/mol. The van der Waals surface area contributed by atoms with Crippen molar-refractivity contribution in [2.24, 2.45) is 11.8 Å². The summed E-state index contributed by atoms with van der Waals surface area (Å²) in [6.45, 7) is 6.90. The number of benzene rings is 2. The number of carbonyl (C=O) groups excluding carboxylic acids is 3. The zero-order chi connectivity index (χ0) is 22.9. The van der Waals surface area contributed by atoms with Crippen LogP contribution in [0, 0.1) is 11.8 Å². The highest BCUT2D eigenvalue weighted by Crippen LogP contribution is 2.25. The van der Waals surface area contributed by atoms with Crippen LogP contribution < -0.4 is 0 Å². The summed E-state index contributed by atoms with van der Waals surface area (Å²) in [7, 11) is 0. The van der Waals surface area contributed by atoms with Gasteiger partial charge in [-0.05, 0) is 38.3 Å². The Labute approximate surface area is 183 Å². The highest BCUT2D eigenvalue weighted by atomic mass is 16.6. The third-order valence-corrected chi connectivity index (χ3v) is 4.51. The van der Waals surface area contributed by atoms with Crippen LogP contribution in [0.15, 0.2) is 60.7 Å². The number of hydrogen-bond donors (Lipinski definition) is 0. The second-order valence-corrected chi connectivity index (χ2v) is 8.21. The molecule has 0 amide bonds. The van der Waals surface area contributed by atoms with E-state index in [9.17, 15) is 14.4 Å². The van der Waals surface area contributed by atoms with Crippen LogP contribution in [0.4, 0.5) is 0 Å². The predicted molar refractivity (Wildman–Crippen MR) is 116 cm³/mol. The van der Waals surface area contributed by atoms with Crippen molar-refractivity contribution in [3.8, 4) is 0 Å². The fourth-order valence-corrected chi connectivity index (χ4v) is 2.98. The highest BCUT2D eigenvalue weighted by molar-refractivity contribution is 5.99. The minimum Gasteiger partial charge on any atom is -0.460 e. The molecule has 0 radical (unpaired) electrons. The molecule has 0 aliphatic rings. The second kappa shape index (κ2) is 11.3. The van der Waals surface area contributed by atoms with Crippen LogP contribution in [0.2, 0.25) is 0 Å². The topological polar surface area (TPSA) is 78.9 Å². The monoisotopic (exact) mass is 426 g/mol. The van der Waals surface area contributed by atoms with Crippen LogP contribution in [-0.4, -0.2) is 23.5 Å². The molecule has 31 heavy (non-hydrogen) atoms. The maximum atomic E-state index is 12.9. The van der Waals surface area contributed by atoms with Gasteiger partial charge in [-0.25, -0.2) is 0 Å². The van der Waals surface area contributed by atoms with Crippen molar-refractivity contribution >= 4 is 17.9 Å². The number of esters is 3. The van der Waals surface area contributed by atoms with Gasteiger partial charge in [0.25, 0.3) is 0 Å². The third kappa shape index (κ3) is 7.89. The summed E-state index contributed by atoms with van der Waals surface area (Å²) >= 11 is 0. The van der Waals surface area contributed by atoms with Gasteiger partial charge >= 0.3 is 17.9 Å². The molecule has 6 heteroatoms. The number of carbonyl (C=O) groups is 3. The van der Waals surface area contributed by atoms with Crippen molar-refractivity contribution < 1.29 is 28.6 Å². The van der Waals surface area contributed by atoms with Gasteiger partial charge in [0, 0.05) is 0 Å². The molecule has 0 N–H and O–H groups in total. The van der Waals surface area contributed by atoms with Crippen LogP contribution in [0.25, 0.3) is 0 Å². The molecule has 0 unspecified atom stereocenters. The molecule has 2 aromatic rings. The SMILES string of the molecule is CC[C@@H](C(=O)OC(C)(C)C)C(C(=O)OCc1ccccc1)C(=O)OCc1ccccc1. The lowest BCUT2D eigenvalue weighted by atomic mass is 9.89. The van der Waals surface area contributed by atoms with E-state index in [-0.39, 0.29) is 19.6 Å². The van der Waals surface area contributed by atoms with E-state index < -0.39 is 35.3 Å². The van der Waals surface area contributed by atoms with Crippen LogP contribution in [-0.2, 0) is 41.8 Å². The first-order valence-corrected chi connectivity index (χ1v) is 10.3. The molecule has 0 heterocycles. The lowest BCUT2D eigenvalue weighted by molar-refractivity contribution is -0.177. The molecule has 166 valence electrons. The largest absolute Gasteiger partial charge is 0.460 e. The van der Waals surface area contributed by atoms with Crippen LogP contribution in [0.1, 0.15) is 45.2 Å². The summed E-state index contributed by atoms with van der Waals surface area (Å²) < 4.78 is 16.2. The molecule has 0 aliphatic heterocycles. The van der Waals surface area contributed by atoms with Gasteiger partial charge in [0.2, 0.25) is 0 Å². The summed E-state index contributed by atoms with van der Waals surface area (Å²) in [5.41, 5.74) is 0.798. The van der Waals surface area contributed by atoms with Gasteiger partial charge in [-0.1, -0.05) is 67.6 Å². The van der Waals surface area contributed by atoms with Crippen molar-refractivity contribution in [3.05, 3.63) is 71.8 Å². The minimum atomic E-state index is -1.41. The van der Waals surface area contributed by atoms with Crippen LogP contribution >= 0.6 is 0 Å². The maximum Gasteiger partial charge on any atom is 0.321 e. The molecule has 0 aliphatic carbocycles. The molecule has 0 fully saturated rings. The zero-order valence-electron chi connectivity index (χ0n) is 18.5. The Balaban J connectivity index is 2.18. The number of rotatable bonds is 9. The first kappa shape index (κ1) is 24.1. The zero-order valence-corrected chi connectivity index (χ0v) is 18.5. The Morgan fingerprint density at radius 1 is 0.742 bits per heavy atom. The Bertz CT molecular complexity index is 799. The van der Waals surface area contributed by atoms with E-state index in [0.29, 0.717) is 0 Å². The Kier molecular flexibility index (Phi) is 8.79. The first-order valence-electron chi connectivity index (χ1n) is 10.3. The molecule has 0 saturated heterocycles. The van der Waals surface area contributed by atoms with Gasteiger partial charge in [-0.2, -0.15) is 0 Å². The van der Waals surface area contributed by atoms with E-state index in [0.717, 1.165) is 11.1 Å². The Morgan fingerprint density at radius 3 is 1.52 bits per heavy atom. The highest BCUT2D eigenvalue weighted by Gasteiger charge is 2.42. The van der Waals surface area contributed by atoms with E-state index in [1.165, 1.54) is 0 Å². The maximum absolute atomic E-state index is 12.9. The molecule has 2 rings (SSSR count). The van der Waals surface area contributed by atoms with E-state index in [1.807, 2.05) is 36.4 Å². The second-order valence-electron chi connectivity index (χ2n) is 8.21. The summed E-state index contributed by atoms with van der Waals surface area (Å²) in [6, 6.07) is 18.2. The normalized spacial score (nSPS) is 12.2. The van der Waals surface area contributed by atoms with Crippen molar-refractivity contribution in [2.45, 2.75) is 52.9 Å². The van der Waals surface area contributed by atoms with Gasteiger partial charge in [-0.3, -0.25) is 14.4 Å². The van der Waals surface area contributed by atoms with Crippen molar-refractivity contribution in [3.63, 3.8) is 0 Å². The fourth-order valence-electron chi connectivity index (χ4n) is 2.98. The summed E-state index contributed by atoms with van der Waals surface area (Å²) in [6.07, 6.45) is 0.223. The summed E-state index contributed by atoms with van der Waals surface area (Å²) in [5.74, 6) is -4.66.